The second-order valence-electron chi connectivity index (χ2n) is 3.47. The summed E-state index contributed by atoms with van der Waals surface area (Å²) in [5, 5.41) is 9.08. The molecule has 0 fully saturated rings. The van der Waals surface area contributed by atoms with Crippen molar-refractivity contribution in [2.75, 3.05) is 18.0 Å². The maximum atomic E-state index is 10.9. The molecule has 0 saturated heterocycles. The molecule has 0 saturated carbocycles. The van der Waals surface area contributed by atoms with E-state index < -0.39 is 5.97 Å². The van der Waals surface area contributed by atoms with Crippen molar-refractivity contribution in [3.63, 3.8) is 0 Å². The maximum absolute atomic E-state index is 10.9. The van der Waals surface area contributed by atoms with E-state index in [1.165, 1.54) is 12.1 Å². The fourth-order valence-corrected chi connectivity index (χ4v) is 1.63. The highest BCUT2D eigenvalue weighted by Crippen LogP contribution is 2.18. The number of hydrogen-bond donors (Lipinski definition) is 1. The Hall–Kier alpha value is -1.73. The number of carboxylic acid groups (broad SMARTS) is 1. The molecule has 0 aliphatic carbocycles. The summed E-state index contributed by atoms with van der Waals surface area (Å²) in [6, 6.07) is 2.79. The Kier molecular flexibility index (Phi) is 4.80. The zero-order chi connectivity index (χ0) is 12.8. The molecular formula is C12H13ClN2O2. The Morgan fingerprint density at radius 3 is 2.88 bits per heavy atom. The molecule has 1 heterocycles. The van der Waals surface area contributed by atoms with Gasteiger partial charge in [-0.25, -0.2) is 9.78 Å². The molecule has 17 heavy (non-hydrogen) atoms. The van der Waals surface area contributed by atoms with Gasteiger partial charge < -0.3 is 10.0 Å². The summed E-state index contributed by atoms with van der Waals surface area (Å²) in [5.74, 6) is 1.98. The average Bonchev–Trinajstić information content (AvgIpc) is 2.28. The van der Waals surface area contributed by atoms with E-state index in [1.54, 1.807) is 0 Å². The third-order valence-corrected chi connectivity index (χ3v) is 2.32. The van der Waals surface area contributed by atoms with Gasteiger partial charge in [0.05, 0.1) is 12.1 Å². The van der Waals surface area contributed by atoms with Crippen LogP contribution in [0.2, 0.25) is 5.15 Å². The molecule has 0 atom stereocenters. The molecule has 1 aromatic rings. The van der Waals surface area contributed by atoms with Crippen LogP contribution < -0.4 is 4.90 Å². The van der Waals surface area contributed by atoms with E-state index in [0.717, 1.165) is 6.42 Å². The van der Waals surface area contributed by atoms with Gasteiger partial charge in [-0.15, -0.1) is 6.42 Å². The van der Waals surface area contributed by atoms with E-state index in [9.17, 15) is 4.79 Å². The number of rotatable bonds is 5. The average molecular weight is 253 g/mol. The Bertz CT molecular complexity index is 454. The topological polar surface area (TPSA) is 53.4 Å². The second kappa shape index (κ2) is 6.12. The molecule has 90 valence electrons. The highest BCUT2D eigenvalue weighted by molar-refractivity contribution is 6.29. The first kappa shape index (κ1) is 13.3. The monoisotopic (exact) mass is 252 g/mol. The summed E-state index contributed by atoms with van der Waals surface area (Å²) in [6.07, 6.45) is 6.15. The first-order valence-corrected chi connectivity index (χ1v) is 5.55. The van der Waals surface area contributed by atoms with E-state index in [4.69, 9.17) is 23.1 Å². The van der Waals surface area contributed by atoms with Gasteiger partial charge in [0.2, 0.25) is 0 Å². The summed E-state index contributed by atoms with van der Waals surface area (Å²) in [5.41, 5.74) is 0.109. The predicted octanol–water partition coefficient (Wildman–Crippen LogP) is 2.28. The van der Waals surface area contributed by atoms with Gasteiger partial charge in [-0.1, -0.05) is 24.4 Å². The second-order valence-corrected chi connectivity index (χ2v) is 3.85. The van der Waals surface area contributed by atoms with Crippen molar-refractivity contribution in [3.8, 4) is 12.3 Å². The van der Waals surface area contributed by atoms with E-state index in [-0.39, 0.29) is 10.7 Å². The smallest absolute Gasteiger partial charge is 0.335 e. The van der Waals surface area contributed by atoms with E-state index in [0.29, 0.717) is 18.9 Å². The summed E-state index contributed by atoms with van der Waals surface area (Å²) in [4.78, 5) is 16.8. The molecule has 4 nitrogen and oxygen atoms in total. The molecule has 0 radical (unpaired) electrons. The van der Waals surface area contributed by atoms with Crippen molar-refractivity contribution in [1.82, 2.24) is 4.98 Å². The zero-order valence-corrected chi connectivity index (χ0v) is 10.2. The SMILES string of the molecule is C#CCN(CCC)c1cc(C(=O)O)cc(Cl)n1. The van der Waals surface area contributed by atoms with Crippen molar-refractivity contribution < 1.29 is 9.90 Å². The van der Waals surface area contributed by atoms with Crippen molar-refractivity contribution in [2.45, 2.75) is 13.3 Å². The van der Waals surface area contributed by atoms with Crippen LogP contribution in [0, 0.1) is 12.3 Å². The lowest BCUT2D eigenvalue weighted by Gasteiger charge is -2.20. The molecule has 1 rings (SSSR count). The van der Waals surface area contributed by atoms with Gasteiger partial charge in [0.1, 0.15) is 11.0 Å². The van der Waals surface area contributed by atoms with Crippen LogP contribution in [0.1, 0.15) is 23.7 Å². The Morgan fingerprint density at radius 2 is 2.35 bits per heavy atom. The van der Waals surface area contributed by atoms with Crippen LogP contribution in [-0.4, -0.2) is 29.1 Å². The molecule has 0 aliphatic heterocycles. The van der Waals surface area contributed by atoms with Crippen molar-refractivity contribution in [1.29, 1.82) is 0 Å². The van der Waals surface area contributed by atoms with Gasteiger partial charge in [-0.3, -0.25) is 0 Å². The fourth-order valence-electron chi connectivity index (χ4n) is 1.42. The van der Waals surface area contributed by atoms with Crippen LogP contribution in [0.4, 0.5) is 5.82 Å². The lowest BCUT2D eigenvalue weighted by Crippen LogP contribution is -2.25. The fraction of sp³-hybridized carbons (Fsp3) is 0.333. The minimum atomic E-state index is -1.03. The van der Waals surface area contributed by atoms with E-state index in [2.05, 4.69) is 10.9 Å². The van der Waals surface area contributed by atoms with Crippen molar-refractivity contribution in [3.05, 3.63) is 22.8 Å². The summed E-state index contributed by atoms with van der Waals surface area (Å²) in [7, 11) is 0. The molecule has 5 heteroatoms. The van der Waals surface area contributed by atoms with Gasteiger partial charge in [0.25, 0.3) is 0 Å². The number of aromatic nitrogens is 1. The molecule has 0 bridgehead atoms. The molecule has 1 aromatic heterocycles. The number of pyridine rings is 1. The van der Waals surface area contributed by atoms with Crippen LogP contribution in [0.3, 0.4) is 0 Å². The Balaban J connectivity index is 3.10. The third kappa shape index (κ3) is 3.65. The van der Waals surface area contributed by atoms with Crippen LogP contribution in [0.5, 0.6) is 0 Å². The number of halogens is 1. The number of carboxylic acids is 1. The number of aromatic carboxylic acids is 1. The van der Waals surface area contributed by atoms with Crippen LogP contribution >= 0.6 is 11.6 Å². The highest BCUT2D eigenvalue weighted by atomic mass is 35.5. The van der Waals surface area contributed by atoms with E-state index in [1.807, 2.05) is 11.8 Å². The minimum Gasteiger partial charge on any atom is -0.478 e. The van der Waals surface area contributed by atoms with Crippen LogP contribution in [0.25, 0.3) is 0 Å². The van der Waals surface area contributed by atoms with Crippen LogP contribution in [0.15, 0.2) is 12.1 Å². The van der Waals surface area contributed by atoms with E-state index >= 15 is 0 Å². The molecule has 1 N–H and O–H groups in total. The number of nitrogens with zero attached hydrogens (tertiary/aromatic N) is 2. The normalized spacial score (nSPS) is 9.71. The first-order valence-electron chi connectivity index (χ1n) is 5.17. The molecule has 0 aromatic carbocycles. The molecule has 0 amide bonds. The standard InChI is InChI=1S/C12H13ClN2O2/c1-3-5-15(6-4-2)11-8-9(12(16)17)7-10(13)14-11/h1,7-8H,4-6H2,2H3,(H,16,17). The van der Waals surface area contributed by atoms with Gasteiger partial charge in [0.15, 0.2) is 0 Å². The summed E-state index contributed by atoms with van der Waals surface area (Å²) < 4.78 is 0. The van der Waals surface area contributed by atoms with Gasteiger partial charge in [0, 0.05) is 6.54 Å². The predicted molar refractivity (Wildman–Crippen MR) is 67.5 cm³/mol. The molecule has 0 spiro atoms. The highest BCUT2D eigenvalue weighted by Gasteiger charge is 2.11. The molecule has 0 unspecified atom stereocenters. The minimum absolute atomic E-state index is 0.109. The first-order chi connectivity index (χ1) is 8.08. The number of carbonyl (C=O) groups is 1. The maximum Gasteiger partial charge on any atom is 0.335 e. The summed E-state index contributed by atoms with van der Waals surface area (Å²) >= 11 is 5.79. The zero-order valence-electron chi connectivity index (χ0n) is 9.48. The number of anilines is 1. The Labute approximate surface area is 105 Å². The summed E-state index contributed by atoms with van der Waals surface area (Å²) in [6.45, 7) is 3.09. The lowest BCUT2D eigenvalue weighted by atomic mass is 10.2. The molecule has 0 aliphatic rings. The van der Waals surface area contributed by atoms with Crippen LogP contribution in [-0.2, 0) is 0 Å². The lowest BCUT2D eigenvalue weighted by molar-refractivity contribution is 0.0697. The largest absolute Gasteiger partial charge is 0.478 e. The van der Waals surface area contributed by atoms with Crippen molar-refractivity contribution >= 4 is 23.4 Å². The Morgan fingerprint density at radius 1 is 1.65 bits per heavy atom. The number of hydrogen-bond acceptors (Lipinski definition) is 3. The quantitative estimate of drug-likeness (QED) is 0.645. The van der Waals surface area contributed by atoms with Gasteiger partial charge in [-0.05, 0) is 18.6 Å². The number of terminal acetylenes is 1. The molecular weight excluding hydrogens is 240 g/mol. The van der Waals surface area contributed by atoms with Gasteiger partial charge >= 0.3 is 5.97 Å². The third-order valence-electron chi connectivity index (χ3n) is 2.13. The van der Waals surface area contributed by atoms with Crippen molar-refractivity contribution in [2.24, 2.45) is 0 Å². The van der Waals surface area contributed by atoms with Gasteiger partial charge in [-0.2, -0.15) is 0 Å².